The molecule has 1 atom stereocenters. The van der Waals surface area contributed by atoms with Crippen molar-refractivity contribution in [1.29, 1.82) is 0 Å². The van der Waals surface area contributed by atoms with E-state index in [2.05, 4.69) is 15.2 Å². The predicted octanol–water partition coefficient (Wildman–Crippen LogP) is 2.25. The van der Waals surface area contributed by atoms with Gasteiger partial charge in [0.05, 0.1) is 23.1 Å². The quantitative estimate of drug-likeness (QED) is 0.659. The number of nitrogens with zero attached hydrogens (tertiary/aromatic N) is 3. The van der Waals surface area contributed by atoms with Gasteiger partial charge in [-0.3, -0.25) is 0 Å². The molecule has 0 saturated carbocycles. The lowest BCUT2D eigenvalue weighted by atomic mass is 10.1. The minimum atomic E-state index is -3.25. The van der Waals surface area contributed by atoms with Crippen molar-refractivity contribution >= 4 is 27.7 Å². The number of hydrogen-bond donors (Lipinski definition) is 1. The maximum absolute atomic E-state index is 12.7. The fraction of sp³-hybridized carbons (Fsp3) is 0.409. The summed E-state index contributed by atoms with van der Waals surface area (Å²) in [4.78, 5) is 32.8. The summed E-state index contributed by atoms with van der Waals surface area (Å²) in [5.74, 6) is 0.352. The standard InChI is InChI=1S/C22H28N4O5S/c1-4-31-21(27)18-7-10-20(23-15-18)25-11-13-26(14-12-25)22(28)24-16(2)17-5-8-19(9-6-17)32(3,29)30/h5-10,15-16H,4,11-14H2,1-3H3,(H,24,28). The number of rotatable bonds is 6. The van der Waals surface area contributed by atoms with Crippen LogP contribution in [0.3, 0.4) is 0 Å². The Morgan fingerprint density at radius 2 is 1.75 bits per heavy atom. The van der Waals surface area contributed by atoms with Crippen LogP contribution < -0.4 is 10.2 Å². The molecule has 1 N–H and O–H groups in total. The van der Waals surface area contributed by atoms with Crippen molar-refractivity contribution in [3.05, 3.63) is 53.7 Å². The van der Waals surface area contributed by atoms with E-state index in [1.165, 1.54) is 6.20 Å². The molecule has 1 fully saturated rings. The van der Waals surface area contributed by atoms with Crippen molar-refractivity contribution in [1.82, 2.24) is 15.2 Å². The van der Waals surface area contributed by atoms with Crippen molar-refractivity contribution in [2.45, 2.75) is 24.8 Å². The van der Waals surface area contributed by atoms with Gasteiger partial charge in [0.2, 0.25) is 0 Å². The average molecular weight is 461 g/mol. The van der Waals surface area contributed by atoms with E-state index >= 15 is 0 Å². The molecule has 0 bridgehead atoms. The van der Waals surface area contributed by atoms with Gasteiger partial charge in [-0.05, 0) is 43.7 Å². The molecule has 1 aliphatic heterocycles. The van der Waals surface area contributed by atoms with Gasteiger partial charge in [0, 0.05) is 38.6 Å². The number of benzene rings is 1. The number of hydrogen-bond acceptors (Lipinski definition) is 7. The van der Waals surface area contributed by atoms with Crippen molar-refractivity contribution < 1.29 is 22.7 Å². The SMILES string of the molecule is CCOC(=O)c1ccc(N2CCN(C(=O)NC(C)c3ccc(S(C)(=O)=O)cc3)CC2)nc1. The van der Waals surface area contributed by atoms with Gasteiger partial charge in [-0.1, -0.05) is 12.1 Å². The lowest BCUT2D eigenvalue weighted by Crippen LogP contribution is -2.52. The van der Waals surface area contributed by atoms with Gasteiger partial charge in [0.1, 0.15) is 5.82 Å². The molecule has 1 saturated heterocycles. The van der Waals surface area contributed by atoms with Gasteiger partial charge in [-0.25, -0.2) is 23.0 Å². The fourth-order valence-electron chi connectivity index (χ4n) is 3.41. The Balaban J connectivity index is 1.52. The Kier molecular flexibility index (Phi) is 7.34. The van der Waals surface area contributed by atoms with Crippen LogP contribution in [0.5, 0.6) is 0 Å². The second kappa shape index (κ2) is 9.99. The van der Waals surface area contributed by atoms with Crippen LogP contribution in [0, 0.1) is 0 Å². The van der Waals surface area contributed by atoms with Crippen LogP contribution in [0.25, 0.3) is 0 Å². The molecule has 1 aromatic carbocycles. The van der Waals surface area contributed by atoms with Gasteiger partial charge in [0.25, 0.3) is 0 Å². The molecule has 0 aliphatic carbocycles. The lowest BCUT2D eigenvalue weighted by molar-refractivity contribution is 0.0526. The highest BCUT2D eigenvalue weighted by Crippen LogP contribution is 2.18. The smallest absolute Gasteiger partial charge is 0.339 e. The Labute approximate surface area is 188 Å². The number of carbonyl (C=O) groups excluding carboxylic acids is 2. The summed E-state index contributed by atoms with van der Waals surface area (Å²) >= 11 is 0. The van der Waals surface area contributed by atoms with E-state index in [1.807, 2.05) is 6.92 Å². The van der Waals surface area contributed by atoms with E-state index in [0.29, 0.717) is 38.3 Å². The highest BCUT2D eigenvalue weighted by Gasteiger charge is 2.23. The van der Waals surface area contributed by atoms with Crippen LogP contribution in [0.4, 0.5) is 10.6 Å². The number of esters is 1. The Hall–Kier alpha value is -3.14. The van der Waals surface area contributed by atoms with Crippen molar-refractivity contribution in [3.8, 4) is 0 Å². The number of ether oxygens (including phenoxy) is 1. The molecule has 0 spiro atoms. The third-order valence-corrected chi connectivity index (χ3v) is 6.43. The largest absolute Gasteiger partial charge is 0.462 e. The number of piperazine rings is 1. The lowest BCUT2D eigenvalue weighted by Gasteiger charge is -2.36. The van der Waals surface area contributed by atoms with E-state index in [9.17, 15) is 18.0 Å². The summed E-state index contributed by atoms with van der Waals surface area (Å²) in [5, 5.41) is 2.96. The topological polar surface area (TPSA) is 109 Å². The molecular weight excluding hydrogens is 432 g/mol. The van der Waals surface area contributed by atoms with Gasteiger partial charge < -0.3 is 19.9 Å². The third kappa shape index (κ3) is 5.76. The van der Waals surface area contributed by atoms with Crippen molar-refractivity contribution in [2.75, 3.05) is 43.9 Å². The van der Waals surface area contributed by atoms with E-state index in [1.54, 1.807) is 48.2 Å². The second-order valence-corrected chi connectivity index (χ2v) is 9.63. The zero-order chi connectivity index (χ0) is 23.3. The van der Waals surface area contributed by atoms with E-state index in [-0.39, 0.29) is 17.0 Å². The van der Waals surface area contributed by atoms with Crippen LogP contribution >= 0.6 is 0 Å². The van der Waals surface area contributed by atoms with Crippen LogP contribution in [0.2, 0.25) is 0 Å². The summed E-state index contributed by atoms with van der Waals surface area (Å²) in [6.45, 7) is 6.24. The van der Waals surface area contributed by atoms with Crippen molar-refractivity contribution in [3.63, 3.8) is 0 Å². The predicted molar refractivity (Wildman–Crippen MR) is 120 cm³/mol. The number of carbonyl (C=O) groups is 2. The fourth-order valence-corrected chi connectivity index (χ4v) is 4.04. The Morgan fingerprint density at radius 3 is 2.28 bits per heavy atom. The van der Waals surface area contributed by atoms with Gasteiger partial charge in [-0.15, -0.1) is 0 Å². The number of pyridine rings is 1. The molecular formula is C22H28N4O5S. The van der Waals surface area contributed by atoms with Crippen LogP contribution in [-0.2, 0) is 14.6 Å². The Bertz CT molecular complexity index is 1050. The van der Waals surface area contributed by atoms with E-state index in [4.69, 9.17) is 4.74 Å². The molecule has 32 heavy (non-hydrogen) atoms. The zero-order valence-corrected chi connectivity index (χ0v) is 19.3. The van der Waals surface area contributed by atoms with Gasteiger partial charge in [-0.2, -0.15) is 0 Å². The number of nitrogens with one attached hydrogen (secondary N) is 1. The highest BCUT2D eigenvalue weighted by atomic mass is 32.2. The minimum absolute atomic E-state index is 0.171. The summed E-state index contributed by atoms with van der Waals surface area (Å²) in [6.07, 6.45) is 2.67. The normalized spacial score (nSPS) is 15.2. The number of aromatic nitrogens is 1. The van der Waals surface area contributed by atoms with E-state index in [0.717, 1.165) is 17.6 Å². The molecule has 2 heterocycles. The van der Waals surface area contributed by atoms with Crippen LogP contribution in [0.1, 0.15) is 35.8 Å². The molecule has 0 radical (unpaired) electrons. The molecule has 1 unspecified atom stereocenters. The summed E-state index contributed by atoms with van der Waals surface area (Å²) in [6, 6.07) is 9.57. The molecule has 2 amide bonds. The molecule has 172 valence electrons. The van der Waals surface area contributed by atoms with E-state index < -0.39 is 15.8 Å². The maximum Gasteiger partial charge on any atom is 0.339 e. The first-order chi connectivity index (χ1) is 15.2. The molecule has 2 aromatic rings. The molecule has 10 heteroatoms. The maximum atomic E-state index is 12.7. The molecule has 1 aliphatic rings. The zero-order valence-electron chi connectivity index (χ0n) is 18.4. The van der Waals surface area contributed by atoms with Gasteiger partial charge >= 0.3 is 12.0 Å². The first-order valence-electron chi connectivity index (χ1n) is 10.4. The van der Waals surface area contributed by atoms with Crippen molar-refractivity contribution in [2.24, 2.45) is 0 Å². The van der Waals surface area contributed by atoms with Crippen LogP contribution in [0.15, 0.2) is 47.5 Å². The average Bonchev–Trinajstić information content (AvgIpc) is 2.79. The second-order valence-electron chi connectivity index (χ2n) is 7.61. The number of anilines is 1. The molecule has 9 nitrogen and oxygen atoms in total. The minimum Gasteiger partial charge on any atom is -0.462 e. The number of amides is 2. The summed E-state index contributed by atoms with van der Waals surface area (Å²) in [5.41, 5.74) is 1.24. The first-order valence-corrected chi connectivity index (χ1v) is 12.3. The first kappa shape index (κ1) is 23.5. The van der Waals surface area contributed by atoms with Gasteiger partial charge in [0.15, 0.2) is 9.84 Å². The van der Waals surface area contributed by atoms with Crippen LogP contribution in [-0.4, -0.2) is 69.3 Å². The summed E-state index contributed by atoms with van der Waals surface area (Å²) in [7, 11) is -3.25. The monoisotopic (exact) mass is 460 g/mol. The molecule has 3 rings (SSSR count). The number of sulfone groups is 1. The molecule has 1 aromatic heterocycles. The number of urea groups is 1. The Morgan fingerprint density at radius 1 is 1.09 bits per heavy atom. The highest BCUT2D eigenvalue weighted by molar-refractivity contribution is 7.90. The summed E-state index contributed by atoms with van der Waals surface area (Å²) < 4.78 is 28.2. The third-order valence-electron chi connectivity index (χ3n) is 5.30.